The lowest BCUT2D eigenvalue weighted by Gasteiger charge is -2.11. The molecule has 0 amide bonds. The van der Waals surface area contributed by atoms with Crippen LogP contribution in [0.4, 0.5) is 0 Å². The molecule has 0 aliphatic rings. The monoisotopic (exact) mass is 1230 g/mol. The van der Waals surface area contributed by atoms with Gasteiger partial charge in [0, 0.05) is 91.5 Å². The van der Waals surface area contributed by atoms with E-state index in [0.29, 0.717) is 46.6 Å². The number of rotatable bonds is 14. The van der Waals surface area contributed by atoms with Crippen LogP contribution in [0.3, 0.4) is 0 Å². The summed E-state index contributed by atoms with van der Waals surface area (Å²) in [5, 5.41) is 0. The first-order valence-corrected chi connectivity index (χ1v) is 31.4. The number of pyridine rings is 2. The van der Waals surface area contributed by atoms with E-state index < -0.39 is 0 Å². The lowest BCUT2D eigenvalue weighted by Crippen LogP contribution is -2.00. The smallest absolute Gasteiger partial charge is 0.164 e. The zero-order valence-electron chi connectivity index (χ0n) is 51.7. The summed E-state index contributed by atoms with van der Waals surface area (Å²) in [6.45, 7) is 0. The molecule has 0 radical (unpaired) electrons. The van der Waals surface area contributed by atoms with Gasteiger partial charge >= 0.3 is 0 Å². The number of nitrogens with zero attached hydrogens (tertiary/aromatic N) is 12. The van der Waals surface area contributed by atoms with Gasteiger partial charge in [0.2, 0.25) is 0 Å². The predicted octanol–water partition coefficient (Wildman–Crippen LogP) is 19.5. The fraction of sp³-hybridized carbons (Fsp3) is 0. The first kappa shape index (κ1) is 59.0. The second kappa shape index (κ2) is 27.6. The molecule has 0 aliphatic carbocycles. The van der Waals surface area contributed by atoms with Gasteiger partial charge in [0.05, 0.1) is 22.8 Å². The maximum absolute atomic E-state index is 4.98. The van der Waals surface area contributed by atoms with Crippen molar-refractivity contribution in [1.29, 1.82) is 0 Å². The van der Waals surface area contributed by atoms with E-state index in [1.807, 2.05) is 224 Å². The molecule has 452 valence electrons. The van der Waals surface area contributed by atoms with E-state index in [0.717, 1.165) is 112 Å². The van der Waals surface area contributed by atoms with Gasteiger partial charge in [-0.25, -0.2) is 49.8 Å². The third-order valence-electron chi connectivity index (χ3n) is 16.1. The minimum atomic E-state index is 0.602. The number of hydrogen-bond acceptors (Lipinski definition) is 12. The van der Waals surface area contributed by atoms with E-state index in [4.69, 9.17) is 49.8 Å². The number of hydrogen-bond donors (Lipinski definition) is 0. The van der Waals surface area contributed by atoms with Gasteiger partial charge in [-0.15, -0.1) is 0 Å². The Balaban J connectivity index is 0.000000158. The van der Waals surface area contributed by atoms with Crippen LogP contribution in [-0.2, 0) is 0 Å². The van der Waals surface area contributed by atoms with Gasteiger partial charge in [-0.2, -0.15) is 0 Å². The molecule has 0 atom stereocenters. The highest BCUT2D eigenvalue weighted by Gasteiger charge is 2.18. The Hall–Kier alpha value is -13.3. The lowest BCUT2D eigenvalue weighted by atomic mass is 10.00. The zero-order chi connectivity index (χ0) is 64.2. The molecule has 16 rings (SSSR count). The molecule has 12 nitrogen and oxygen atoms in total. The third kappa shape index (κ3) is 13.5. The summed E-state index contributed by atoms with van der Waals surface area (Å²) < 4.78 is 0. The van der Waals surface area contributed by atoms with Crippen LogP contribution in [0.15, 0.2) is 340 Å². The maximum atomic E-state index is 4.98. The average Bonchev–Trinajstić information content (AvgIpc) is 0.851. The van der Waals surface area contributed by atoms with Crippen LogP contribution < -0.4 is 0 Å². The summed E-state index contributed by atoms with van der Waals surface area (Å²) >= 11 is 0. The van der Waals surface area contributed by atoms with Crippen LogP contribution in [0.5, 0.6) is 0 Å². The van der Waals surface area contributed by atoms with Crippen molar-refractivity contribution in [3.63, 3.8) is 0 Å². The third-order valence-corrected chi connectivity index (χ3v) is 16.1. The average molecular weight is 1230 g/mol. The first-order valence-electron chi connectivity index (χ1n) is 31.4. The SMILES string of the molecule is c1ccc(-c2cc(-c3ccc(-c4cccc(-c5nc(-c6ccccc6)nc(-c6ccncc6)n5)c4)cc3)nc(-c3ccccc3)n2)cc1.c1ccc(-c2nc(-c3ccncc3)cc(-c3ccc(-c4cccc(-c5nc(-c6ccccc6)nc(-c6ccccc6)n5)c4)cc3)n2)cc1. The molecule has 12 heteroatoms. The molecule has 0 saturated carbocycles. The second-order valence-electron chi connectivity index (χ2n) is 22.5. The Kier molecular flexibility index (Phi) is 17.0. The van der Waals surface area contributed by atoms with Crippen LogP contribution in [0.1, 0.15) is 0 Å². The Labute approximate surface area is 555 Å². The second-order valence-corrected chi connectivity index (χ2v) is 22.5. The topological polar surface area (TPSA) is 155 Å². The van der Waals surface area contributed by atoms with Gasteiger partial charge in [0.1, 0.15) is 0 Å². The van der Waals surface area contributed by atoms with Crippen LogP contribution in [0, 0.1) is 0 Å². The summed E-state index contributed by atoms with van der Waals surface area (Å²) in [5.74, 6) is 5.11. The highest BCUT2D eigenvalue weighted by atomic mass is 15.0. The number of aromatic nitrogens is 12. The van der Waals surface area contributed by atoms with E-state index in [1.54, 1.807) is 24.8 Å². The fourth-order valence-electron chi connectivity index (χ4n) is 11.2. The Morgan fingerprint density at radius 2 is 0.323 bits per heavy atom. The Morgan fingerprint density at radius 3 is 0.625 bits per heavy atom. The van der Waals surface area contributed by atoms with Crippen LogP contribution in [0.25, 0.3) is 158 Å². The molecule has 0 bridgehead atoms. The molecule has 10 aromatic carbocycles. The predicted molar refractivity (Wildman–Crippen MR) is 383 cm³/mol. The van der Waals surface area contributed by atoms with Gasteiger partial charge in [-0.05, 0) is 70.8 Å². The molecule has 0 saturated heterocycles. The van der Waals surface area contributed by atoms with Crippen molar-refractivity contribution >= 4 is 0 Å². The van der Waals surface area contributed by atoms with E-state index >= 15 is 0 Å². The first-order chi connectivity index (χ1) is 47.5. The molecule has 0 N–H and O–H groups in total. The fourth-order valence-corrected chi connectivity index (χ4v) is 11.2. The Bertz CT molecular complexity index is 4730. The van der Waals surface area contributed by atoms with E-state index in [2.05, 4.69) is 101 Å². The van der Waals surface area contributed by atoms with Gasteiger partial charge in [-0.3, -0.25) is 9.97 Å². The molecule has 6 heterocycles. The summed E-state index contributed by atoms with van der Waals surface area (Å²) in [7, 11) is 0. The normalized spacial score (nSPS) is 10.9. The molecule has 0 unspecified atom stereocenters. The van der Waals surface area contributed by atoms with Gasteiger partial charge in [-0.1, -0.05) is 267 Å². The molecule has 16 aromatic rings. The van der Waals surface area contributed by atoms with Crippen LogP contribution >= 0.6 is 0 Å². The van der Waals surface area contributed by atoms with Crippen molar-refractivity contribution in [2.24, 2.45) is 0 Å². The molecular weight excluding hydrogens is 1180 g/mol. The molecular formula is C84H56N12. The van der Waals surface area contributed by atoms with Crippen LogP contribution in [-0.4, -0.2) is 59.8 Å². The minimum absolute atomic E-state index is 0.602. The molecule has 6 aromatic heterocycles. The maximum Gasteiger partial charge on any atom is 0.164 e. The van der Waals surface area contributed by atoms with Gasteiger partial charge in [0.25, 0.3) is 0 Å². The van der Waals surface area contributed by atoms with Crippen molar-refractivity contribution in [3.8, 4) is 158 Å². The van der Waals surface area contributed by atoms with Crippen molar-refractivity contribution in [2.75, 3.05) is 0 Å². The quantitative estimate of drug-likeness (QED) is 0.102. The van der Waals surface area contributed by atoms with Crippen LogP contribution in [0.2, 0.25) is 0 Å². The summed E-state index contributed by atoms with van der Waals surface area (Å²) in [6.07, 6.45) is 7.06. The van der Waals surface area contributed by atoms with Crippen molar-refractivity contribution in [2.45, 2.75) is 0 Å². The number of benzene rings is 10. The van der Waals surface area contributed by atoms with Gasteiger partial charge in [0.15, 0.2) is 46.6 Å². The Morgan fingerprint density at radius 1 is 0.125 bits per heavy atom. The van der Waals surface area contributed by atoms with Crippen molar-refractivity contribution in [1.82, 2.24) is 59.8 Å². The molecule has 0 spiro atoms. The highest BCUT2D eigenvalue weighted by molar-refractivity contribution is 5.79. The zero-order valence-corrected chi connectivity index (χ0v) is 51.7. The summed E-state index contributed by atoms with van der Waals surface area (Å²) in [4.78, 5) is 57.4. The standard InChI is InChI=1S/2C42H28N6/c1-4-11-32(12-5-1)39-44-37(28-38(45-39)31-23-25-43-26-24-31)30-21-19-29(20-22-30)35-17-10-18-36(27-35)42-47-40(33-13-6-2-7-14-33)46-41(48-42)34-15-8-3-9-16-34;1-4-11-30(12-5-1)37-28-38(45-39(44-37)32-13-6-2-7-14-32)31-21-19-29(20-22-31)35-17-10-18-36(27-35)42-47-40(33-15-8-3-9-16-33)46-41(48-42)34-23-25-43-26-24-34/h2*1-28H. The summed E-state index contributed by atoms with van der Waals surface area (Å²) in [5.41, 5.74) is 19.2. The molecule has 0 aliphatic heterocycles. The van der Waals surface area contributed by atoms with Crippen molar-refractivity contribution < 1.29 is 0 Å². The highest BCUT2D eigenvalue weighted by Crippen LogP contribution is 2.35. The molecule has 0 fully saturated rings. The van der Waals surface area contributed by atoms with Gasteiger partial charge < -0.3 is 0 Å². The van der Waals surface area contributed by atoms with E-state index in [1.165, 1.54) is 0 Å². The van der Waals surface area contributed by atoms with Crippen molar-refractivity contribution in [3.05, 3.63) is 340 Å². The minimum Gasteiger partial charge on any atom is -0.265 e. The summed E-state index contributed by atoms with van der Waals surface area (Å²) in [6, 6.07) is 106. The van der Waals surface area contributed by atoms with E-state index in [9.17, 15) is 0 Å². The van der Waals surface area contributed by atoms with E-state index in [-0.39, 0.29) is 0 Å². The largest absolute Gasteiger partial charge is 0.265 e. The molecule has 96 heavy (non-hydrogen) atoms. The lowest BCUT2D eigenvalue weighted by molar-refractivity contribution is 1.07.